The van der Waals surface area contributed by atoms with E-state index >= 15 is 0 Å². The lowest BCUT2D eigenvalue weighted by Crippen LogP contribution is -2.44. The maximum absolute atomic E-state index is 11.9. The van der Waals surface area contributed by atoms with E-state index in [2.05, 4.69) is 11.4 Å². The molecular formula is C11H18N2O2. The van der Waals surface area contributed by atoms with Gasteiger partial charge in [0.05, 0.1) is 6.07 Å². The van der Waals surface area contributed by atoms with Gasteiger partial charge in [0.15, 0.2) is 5.41 Å². The van der Waals surface area contributed by atoms with E-state index < -0.39 is 11.0 Å². The maximum atomic E-state index is 11.9. The first kappa shape index (κ1) is 12.0. The van der Waals surface area contributed by atoms with Gasteiger partial charge in [-0.15, -0.1) is 0 Å². The summed E-state index contributed by atoms with van der Waals surface area (Å²) in [6.45, 7) is 6.85. The molecule has 15 heavy (non-hydrogen) atoms. The normalized spacial score (nSPS) is 20.4. The highest BCUT2D eigenvalue weighted by molar-refractivity contribution is 5.80. The summed E-state index contributed by atoms with van der Waals surface area (Å²) in [5.74, 6) is -0.376. The minimum absolute atomic E-state index is 0.376. The molecule has 0 bridgehead atoms. The number of nitrogens with zero attached hydrogens (tertiary/aromatic N) is 1. The summed E-state index contributed by atoms with van der Waals surface area (Å²) >= 11 is 0. The molecule has 0 radical (unpaired) electrons. The molecule has 0 unspecified atom stereocenters. The number of carbonyl (C=O) groups is 1. The van der Waals surface area contributed by atoms with E-state index in [1.54, 1.807) is 0 Å². The molecule has 0 atom stereocenters. The number of rotatable bonds is 1. The van der Waals surface area contributed by atoms with E-state index in [1.807, 2.05) is 20.8 Å². The Balaban J connectivity index is 2.74. The Morgan fingerprint density at radius 1 is 1.40 bits per heavy atom. The number of nitrogens with one attached hydrogen (secondary N) is 1. The van der Waals surface area contributed by atoms with Gasteiger partial charge in [-0.25, -0.2) is 0 Å². The first-order valence-electron chi connectivity index (χ1n) is 5.25. The predicted octanol–water partition coefficient (Wildman–Crippen LogP) is 1.22. The lowest BCUT2D eigenvalue weighted by atomic mass is 9.80. The average molecular weight is 210 g/mol. The molecule has 1 fully saturated rings. The quantitative estimate of drug-likeness (QED) is 0.661. The van der Waals surface area contributed by atoms with Crippen LogP contribution in [0, 0.1) is 16.7 Å². The van der Waals surface area contributed by atoms with Crippen molar-refractivity contribution in [2.24, 2.45) is 5.41 Å². The van der Waals surface area contributed by atoms with E-state index in [0.29, 0.717) is 25.9 Å². The van der Waals surface area contributed by atoms with Crippen LogP contribution in [0.1, 0.15) is 33.6 Å². The lowest BCUT2D eigenvalue weighted by Gasteiger charge is -2.32. The zero-order valence-electron chi connectivity index (χ0n) is 9.59. The number of piperidine rings is 1. The summed E-state index contributed by atoms with van der Waals surface area (Å²) < 4.78 is 5.28. The van der Waals surface area contributed by atoms with Crippen molar-refractivity contribution in [3.8, 4) is 6.07 Å². The average Bonchev–Trinajstić information content (AvgIpc) is 2.16. The molecule has 84 valence electrons. The molecule has 0 aromatic carbocycles. The van der Waals surface area contributed by atoms with Gasteiger partial charge in [0.2, 0.25) is 0 Å². The number of hydrogen-bond acceptors (Lipinski definition) is 4. The van der Waals surface area contributed by atoms with E-state index in [9.17, 15) is 4.79 Å². The molecule has 0 spiro atoms. The maximum Gasteiger partial charge on any atom is 0.327 e. The molecule has 0 amide bonds. The number of hydrogen-bond donors (Lipinski definition) is 1. The van der Waals surface area contributed by atoms with Gasteiger partial charge in [0.1, 0.15) is 5.60 Å². The van der Waals surface area contributed by atoms with Gasteiger partial charge >= 0.3 is 5.97 Å². The topological polar surface area (TPSA) is 62.1 Å². The minimum Gasteiger partial charge on any atom is -0.459 e. The fourth-order valence-electron chi connectivity index (χ4n) is 1.59. The SMILES string of the molecule is CC(C)(C)OC(=O)C1(C#N)CCNCC1. The summed E-state index contributed by atoms with van der Waals surface area (Å²) in [5.41, 5.74) is -1.45. The van der Waals surface area contributed by atoms with Gasteiger partial charge < -0.3 is 10.1 Å². The molecular weight excluding hydrogens is 192 g/mol. The van der Waals surface area contributed by atoms with Gasteiger partial charge in [-0.05, 0) is 46.7 Å². The molecule has 0 saturated carbocycles. The third-order valence-electron chi connectivity index (χ3n) is 2.46. The second-order valence-electron chi connectivity index (χ2n) is 4.95. The predicted molar refractivity (Wildman–Crippen MR) is 56.0 cm³/mol. The van der Waals surface area contributed by atoms with Gasteiger partial charge in [0, 0.05) is 0 Å². The van der Waals surface area contributed by atoms with Crippen LogP contribution in [0.3, 0.4) is 0 Å². The molecule has 4 nitrogen and oxygen atoms in total. The van der Waals surface area contributed by atoms with Crippen molar-refractivity contribution >= 4 is 5.97 Å². The smallest absolute Gasteiger partial charge is 0.327 e. The van der Waals surface area contributed by atoms with E-state index in [0.717, 1.165) is 0 Å². The number of carbonyl (C=O) groups excluding carboxylic acids is 1. The van der Waals surface area contributed by atoms with Crippen LogP contribution < -0.4 is 5.32 Å². The highest BCUT2D eigenvalue weighted by atomic mass is 16.6. The van der Waals surface area contributed by atoms with Crippen molar-refractivity contribution in [2.45, 2.75) is 39.2 Å². The summed E-state index contributed by atoms with van der Waals surface area (Å²) in [6.07, 6.45) is 1.08. The van der Waals surface area contributed by atoms with Crippen molar-refractivity contribution in [1.29, 1.82) is 5.26 Å². The first-order chi connectivity index (χ1) is 6.90. The van der Waals surface area contributed by atoms with Gasteiger partial charge in [0.25, 0.3) is 0 Å². The van der Waals surface area contributed by atoms with Gasteiger partial charge in [-0.1, -0.05) is 0 Å². The zero-order chi connectivity index (χ0) is 11.5. The van der Waals surface area contributed by atoms with E-state index in [4.69, 9.17) is 10.00 Å². The molecule has 1 heterocycles. The van der Waals surface area contributed by atoms with Crippen LogP contribution in [0.2, 0.25) is 0 Å². The van der Waals surface area contributed by atoms with Crippen LogP contribution in [0.25, 0.3) is 0 Å². The summed E-state index contributed by atoms with van der Waals surface area (Å²) in [4.78, 5) is 11.9. The van der Waals surface area contributed by atoms with Crippen molar-refractivity contribution in [1.82, 2.24) is 5.32 Å². The largest absolute Gasteiger partial charge is 0.459 e. The Morgan fingerprint density at radius 3 is 2.33 bits per heavy atom. The Morgan fingerprint density at radius 2 is 1.93 bits per heavy atom. The van der Waals surface area contributed by atoms with Crippen molar-refractivity contribution in [2.75, 3.05) is 13.1 Å². The van der Waals surface area contributed by atoms with E-state index in [-0.39, 0.29) is 5.97 Å². The molecule has 1 aliphatic rings. The van der Waals surface area contributed by atoms with Crippen LogP contribution in [-0.2, 0) is 9.53 Å². The highest BCUT2D eigenvalue weighted by Crippen LogP contribution is 2.31. The molecule has 0 aliphatic carbocycles. The van der Waals surface area contributed by atoms with Crippen LogP contribution >= 0.6 is 0 Å². The van der Waals surface area contributed by atoms with Gasteiger partial charge in [-0.2, -0.15) is 5.26 Å². The Kier molecular flexibility index (Phi) is 3.35. The van der Waals surface area contributed by atoms with Crippen molar-refractivity contribution in [3.63, 3.8) is 0 Å². The molecule has 1 N–H and O–H groups in total. The monoisotopic (exact) mass is 210 g/mol. The third-order valence-corrected chi connectivity index (χ3v) is 2.46. The molecule has 1 rings (SSSR count). The molecule has 4 heteroatoms. The van der Waals surface area contributed by atoms with Crippen LogP contribution in [-0.4, -0.2) is 24.7 Å². The fourth-order valence-corrected chi connectivity index (χ4v) is 1.59. The molecule has 0 aromatic heterocycles. The second kappa shape index (κ2) is 4.19. The van der Waals surface area contributed by atoms with Crippen molar-refractivity contribution in [3.05, 3.63) is 0 Å². The second-order valence-corrected chi connectivity index (χ2v) is 4.95. The van der Waals surface area contributed by atoms with Crippen LogP contribution in [0.4, 0.5) is 0 Å². The van der Waals surface area contributed by atoms with Crippen molar-refractivity contribution < 1.29 is 9.53 Å². The van der Waals surface area contributed by atoms with Crippen LogP contribution in [0.5, 0.6) is 0 Å². The first-order valence-corrected chi connectivity index (χ1v) is 5.25. The van der Waals surface area contributed by atoms with Gasteiger partial charge in [-0.3, -0.25) is 4.79 Å². The van der Waals surface area contributed by atoms with E-state index in [1.165, 1.54) is 0 Å². The summed E-state index contributed by atoms with van der Waals surface area (Å²) in [6, 6.07) is 2.13. The number of ether oxygens (including phenoxy) is 1. The minimum atomic E-state index is -0.932. The third kappa shape index (κ3) is 2.93. The standard InChI is InChI=1S/C11H18N2O2/c1-10(2,3)15-9(14)11(8-12)4-6-13-7-5-11/h13H,4-7H2,1-3H3. The Hall–Kier alpha value is -1.08. The summed E-state index contributed by atoms with van der Waals surface area (Å²) in [7, 11) is 0. The molecule has 1 saturated heterocycles. The highest BCUT2D eigenvalue weighted by Gasteiger charge is 2.42. The van der Waals surface area contributed by atoms with Crippen LogP contribution in [0.15, 0.2) is 0 Å². The fraction of sp³-hybridized carbons (Fsp3) is 0.818. The Labute approximate surface area is 90.6 Å². The molecule has 1 aliphatic heterocycles. The Bertz CT molecular complexity index is 280. The zero-order valence-corrected chi connectivity index (χ0v) is 9.59. The number of esters is 1. The number of nitriles is 1. The molecule has 0 aromatic rings. The summed E-state index contributed by atoms with van der Waals surface area (Å²) in [5, 5.41) is 12.3. The lowest BCUT2D eigenvalue weighted by molar-refractivity contribution is -0.165.